The standard InChI is InChI=1S/C18H12FNO/c19-15-6-8-17-13(9-15)5-7-18(21-17)16-10-12-3-1-2-4-14(12)11-20-16/h1-11,18H. The molecule has 4 rings (SSSR count). The molecule has 1 aliphatic heterocycles. The number of rotatable bonds is 1. The maximum atomic E-state index is 13.2. The molecule has 0 amide bonds. The van der Waals surface area contributed by atoms with Crippen molar-refractivity contribution >= 4 is 16.8 Å². The van der Waals surface area contributed by atoms with Crippen LogP contribution >= 0.6 is 0 Å². The molecule has 0 aliphatic carbocycles. The number of hydrogen-bond acceptors (Lipinski definition) is 2. The van der Waals surface area contributed by atoms with E-state index in [4.69, 9.17) is 4.74 Å². The lowest BCUT2D eigenvalue weighted by Gasteiger charge is -2.21. The molecule has 3 aromatic rings. The van der Waals surface area contributed by atoms with Crippen LogP contribution in [0.2, 0.25) is 0 Å². The fraction of sp³-hybridized carbons (Fsp3) is 0.0556. The number of halogens is 1. The summed E-state index contributed by atoms with van der Waals surface area (Å²) >= 11 is 0. The van der Waals surface area contributed by atoms with E-state index in [9.17, 15) is 4.39 Å². The van der Waals surface area contributed by atoms with Crippen LogP contribution in [0.4, 0.5) is 4.39 Å². The van der Waals surface area contributed by atoms with Crippen molar-refractivity contribution in [1.82, 2.24) is 4.98 Å². The van der Waals surface area contributed by atoms with Gasteiger partial charge in [-0.25, -0.2) is 4.39 Å². The Morgan fingerprint density at radius 3 is 2.76 bits per heavy atom. The van der Waals surface area contributed by atoms with E-state index in [0.717, 1.165) is 22.0 Å². The summed E-state index contributed by atoms with van der Waals surface area (Å²) < 4.78 is 19.1. The van der Waals surface area contributed by atoms with Crippen LogP contribution in [0.3, 0.4) is 0 Å². The third kappa shape index (κ3) is 2.17. The van der Waals surface area contributed by atoms with E-state index in [1.165, 1.54) is 12.1 Å². The first-order chi connectivity index (χ1) is 10.3. The normalized spacial score (nSPS) is 16.5. The van der Waals surface area contributed by atoms with Crippen LogP contribution in [0.1, 0.15) is 17.4 Å². The second kappa shape index (κ2) is 4.70. The minimum Gasteiger partial charge on any atom is -0.479 e. The van der Waals surface area contributed by atoms with Gasteiger partial charge in [-0.3, -0.25) is 4.98 Å². The molecule has 21 heavy (non-hydrogen) atoms. The van der Waals surface area contributed by atoms with Crippen LogP contribution in [-0.4, -0.2) is 4.98 Å². The zero-order valence-electron chi connectivity index (χ0n) is 11.2. The number of hydrogen-bond donors (Lipinski definition) is 0. The Bertz CT molecular complexity index is 857. The van der Waals surface area contributed by atoms with E-state index in [1.807, 2.05) is 42.6 Å². The van der Waals surface area contributed by atoms with Gasteiger partial charge in [-0.1, -0.05) is 30.3 Å². The first-order valence-corrected chi connectivity index (χ1v) is 6.79. The Morgan fingerprint density at radius 2 is 1.86 bits per heavy atom. The van der Waals surface area contributed by atoms with Gasteiger partial charge in [0.25, 0.3) is 0 Å². The van der Waals surface area contributed by atoms with Gasteiger partial charge < -0.3 is 4.74 Å². The van der Waals surface area contributed by atoms with Crippen molar-refractivity contribution < 1.29 is 9.13 Å². The molecule has 1 aliphatic rings. The minimum absolute atomic E-state index is 0.243. The second-order valence-corrected chi connectivity index (χ2v) is 5.04. The lowest BCUT2D eigenvalue weighted by molar-refractivity contribution is 0.246. The Morgan fingerprint density at radius 1 is 1.00 bits per heavy atom. The van der Waals surface area contributed by atoms with Gasteiger partial charge in [0.2, 0.25) is 0 Å². The van der Waals surface area contributed by atoms with Crippen molar-refractivity contribution in [3.05, 3.63) is 77.9 Å². The molecule has 0 radical (unpaired) electrons. The fourth-order valence-corrected chi connectivity index (χ4v) is 2.54. The highest BCUT2D eigenvalue weighted by atomic mass is 19.1. The van der Waals surface area contributed by atoms with Crippen LogP contribution in [0.25, 0.3) is 16.8 Å². The predicted octanol–water partition coefficient (Wildman–Crippen LogP) is 4.52. The number of benzene rings is 2. The van der Waals surface area contributed by atoms with Gasteiger partial charge >= 0.3 is 0 Å². The Balaban J connectivity index is 1.72. The molecule has 3 heteroatoms. The van der Waals surface area contributed by atoms with Crippen LogP contribution in [-0.2, 0) is 0 Å². The lowest BCUT2D eigenvalue weighted by atomic mass is 10.1. The Labute approximate surface area is 121 Å². The van der Waals surface area contributed by atoms with Crippen LogP contribution < -0.4 is 4.74 Å². The van der Waals surface area contributed by atoms with E-state index >= 15 is 0 Å². The van der Waals surface area contributed by atoms with Gasteiger partial charge in [-0.15, -0.1) is 0 Å². The fourth-order valence-electron chi connectivity index (χ4n) is 2.54. The molecule has 2 aromatic carbocycles. The summed E-state index contributed by atoms with van der Waals surface area (Å²) in [6, 6.07) is 14.6. The van der Waals surface area contributed by atoms with Crippen molar-refractivity contribution in [2.45, 2.75) is 6.10 Å². The Kier molecular flexibility index (Phi) is 2.71. The summed E-state index contributed by atoms with van der Waals surface area (Å²) in [7, 11) is 0. The summed E-state index contributed by atoms with van der Waals surface area (Å²) in [6.45, 7) is 0. The van der Waals surface area contributed by atoms with E-state index in [0.29, 0.717) is 5.75 Å². The lowest BCUT2D eigenvalue weighted by Crippen LogP contribution is -2.10. The average molecular weight is 277 g/mol. The molecule has 0 N–H and O–H groups in total. The van der Waals surface area contributed by atoms with Gasteiger partial charge in [0.05, 0.1) is 5.69 Å². The monoisotopic (exact) mass is 277 g/mol. The van der Waals surface area contributed by atoms with Crippen LogP contribution in [0.15, 0.2) is 60.8 Å². The molecule has 0 saturated heterocycles. The predicted molar refractivity (Wildman–Crippen MR) is 80.5 cm³/mol. The molecule has 0 spiro atoms. The summed E-state index contributed by atoms with van der Waals surface area (Å²) in [4.78, 5) is 4.47. The number of aromatic nitrogens is 1. The molecule has 2 heterocycles. The van der Waals surface area contributed by atoms with Crippen LogP contribution in [0.5, 0.6) is 5.75 Å². The molecule has 1 aromatic heterocycles. The van der Waals surface area contributed by atoms with Crippen LogP contribution in [0, 0.1) is 5.82 Å². The maximum absolute atomic E-state index is 13.2. The van der Waals surface area contributed by atoms with E-state index in [2.05, 4.69) is 11.1 Å². The highest BCUT2D eigenvalue weighted by Gasteiger charge is 2.18. The van der Waals surface area contributed by atoms with Gasteiger partial charge in [-0.05, 0) is 35.7 Å². The molecule has 0 fully saturated rings. The molecule has 1 unspecified atom stereocenters. The number of ether oxygens (including phenoxy) is 1. The third-order valence-corrected chi connectivity index (χ3v) is 3.62. The highest BCUT2D eigenvalue weighted by Crippen LogP contribution is 2.32. The maximum Gasteiger partial charge on any atom is 0.159 e. The molecule has 2 nitrogen and oxygen atoms in total. The number of nitrogens with zero attached hydrogens (tertiary/aromatic N) is 1. The number of fused-ring (bicyclic) bond motifs is 2. The molecular weight excluding hydrogens is 265 g/mol. The summed E-state index contributed by atoms with van der Waals surface area (Å²) in [5.41, 5.74) is 1.60. The van der Waals surface area contributed by atoms with Crippen molar-refractivity contribution in [2.24, 2.45) is 0 Å². The number of pyridine rings is 1. The van der Waals surface area contributed by atoms with Crippen molar-refractivity contribution in [2.75, 3.05) is 0 Å². The van der Waals surface area contributed by atoms with Crippen molar-refractivity contribution in [3.8, 4) is 5.75 Å². The van der Waals surface area contributed by atoms with Gasteiger partial charge in [0.15, 0.2) is 6.10 Å². The molecule has 0 bridgehead atoms. The third-order valence-electron chi connectivity index (χ3n) is 3.62. The quantitative estimate of drug-likeness (QED) is 0.652. The van der Waals surface area contributed by atoms with Gasteiger partial charge in [0.1, 0.15) is 11.6 Å². The Hall–Kier alpha value is -2.68. The van der Waals surface area contributed by atoms with Gasteiger partial charge in [-0.2, -0.15) is 0 Å². The molecule has 0 saturated carbocycles. The van der Waals surface area contributed by atoms with Crippen molar-refractivity contribution in [1.29, 1.82) is 0 Å². The zero-order chi connectivity index (χ0) is 14.2. The minimum atomic E-state index is -0.260. The zero-order valence-corrected chi connectivity index (χ0v) is 11.2. The summed E-state index contributed by atoms with van der Waals surface area (Å²) in [6.07, 6.45) is 5.39. The van der Waals surface area contributed by atoms with Crippen molar-refractivity contribution in [3.63, 3.8) is 0 Å². The molecule has 1 atom stereocenters. The first-order valence-electron chi connectivity index (χ1n) is 6.79. The molecular formula is C18H12FNO. The molecule has 102 valence electrons. The van der Waals surface area contributed by atoms with E-state index in [-0.39, 0.29) is 11.9 Å². The van der Waals surface area contributed by atoms with Gasteiger partial charge in [0, 0.05) is 17.1 Å². The second-order valence-electron chi connectivity index (χ2n) is 5.04. The smallest absolute Gasteiger partial charge is 0.159 e. The summed E-state index contributed by atoms with van der Waals surface area (Å²) in [5, 5.41) is 2.23. The average Bonchev–Trinajstić information content (AvgIpc) is 2.54. The van der Waals surface area contributed by atoms with E-state index in [1.54, 1.807) is 6.07 Å². The summed E-state index contributed by atoms with van der Waals surface area (Å²) in [5.74, 6) is 0.420. The largest absolute Gasteiger partial charge is 0.479 e. The SMILES string of the molecule is Fc1ccc2c(c1)C=CC(c1cc3ccccc3cn1)O2. The van der Waals surface area contributed by atoms with E-state index < -0.39 is 0 Å². The first kappa shape index (κ1) is 12.1. The highest BCUT2D eigenvalue weighted by molar-refractivity contribution is 5.82. The topological polar surface area (TPSA) is 22.1 Å².